The molecule has 5 heterocycles. The predicted octanol–water partition coefficient (Wildman–Crippen LogP) is 22.2. The lowest BCUT2D eigenvalue weighted by molar-refractivity contribution is 0.375. The fraction of sp³-hybridized carbons (Fsp3) is 0.547. The Balaban J connectivity index is 0.000000189. The summed E-state index contributed by atoms with van der Waals surface area (Å²) in [5, 5.41) is 11.3. The molecule has 5 unspecified atom stereocenters. The summed E-state index contributed by atoms with van der Waals surface area (Å²) in [6.45, 7) is 64.7. The fourth-order valence-electron chi connectivity index (χ4n) is 20.7. The van der Waals surface area contributed by atoms with Gasteiger partial charge in [-0.15, -0.1) is 0 Å². The molecular weight excluding hydrogens is 1700 g/mol. The highest BCUT2D eigenvalue weighted by atomic mass is 28.4. The van der Waals surface area contributed by atoms with Crippen molar-refractivity contribution < 1.29 is 23.7 Å². The lowest BCUT2D eigenvalue weighted by Crippen LogP contribution is -2.90. The molecule has 0 aromatic heterocycles. The van der Waals surface area contributed by atoms with Gasteiger partial charge in [0.15, 0.2) is 0 Å². The molecule has 5 fully saturated rings. The molecule has 10 nitrogen and oxygen atoms in total. The van der Waals surface area contributed by atoms with Crippen molar-refractivity contribution in [2.45, 2.75) is 309 Å². The van der Waals surface area contributed by atoms with E-state index in [1.807, 2.05) is 0 Å². The second-order valence-corrected chi connectivity index (χ2v) is 87.9. The molecule has 20 heteroatoms. The molecule has 0 N–H and O–H groups in total. The largest absolute Gasteiger partial charge is 0.372 e. The van der Waals surface area contributed by atoms with Gasteiger partial charge < -0.3 is 44.8 Å². The SMILES string of the molecule is CCCC[Si](C)(C)N(CC1CO1)[Si](C)(C)CCCC.CCCC[Si](C)(CCCC)N(CC1CO1)[Si](CCCC)(CCCC)CCCC.C[Si](C)(C)N(CC1CO1)[Si](C)(C)C.C[Si](C)(c1ccccc1)N(CC1CO1)[Si](C)(C)c1ccccc1.c1ccc([Si](c2ccccc2)(c2ccccc2)N(CC2CO2)[Si](c2ccccc2)(c2ccccc2)c2ccccc2)cc1. The fourth-order valence-corrected chi connectivity index (χ4v) is 80.5. The van der Waals surface area contributed by atoms with Gasteiger partial charge in [-0.05, 0) is 83.8 Å². The van der Waals surface area contributed by atoms with Crippen LogP contribution in [-0.4, -0.2) is 200 Å². The Morgan fingerprint density at radius 2 is 0.413 bits per heavy atom. The molecule has 0 saturated carbocycles. The Morgan fingerprint density at radius 1 is 0.222 bits per heavy atom. The molecule has 5 saturated heterocycles. The van der Waals surface area contributed by atoms with Gasteiger partial charge in [-0.3, -0.25) is 0 Å². The second kappa shape index (κ2) is 50.0. The summed E-state index contributed by atoms with van der Waals surface area (Å²) in [6.07, 6.45) is 21.8. The van der Waals surface area contributed by atoms with Crippen LogP contribution in [0.1, 0.15) is 138 Å². The summed E-state index contributed by atoms with van der Waals surface area (Å²) in [5.74, 6) is 0. The van der Waals surface area contributed by atoms with E-state index in [1.165, 1.54) is 175 Å². The molecular formula is C106H173N5O5Si10. The number of ether oxygens (including phenoxy) is 5. The number of rotatable bonds is 49. The predicted molar refractivity (Wildman–Crippen MR) is 574 cm³/mol. The third-order valence-corrected chi connectivity index (χ3v) is 79.1. The Bertz CT molecular complexity index is 3860. The second-order valence-electron chi connectivity index (χ2n) is 41.7. The minimum atomic E-state index is -2.94. The van der Waals surface area contributed by atoms with Gasteiger partial charge >= 0.3 is 0 Å². The molecule has 692 valence electrons. The number of benzene rings is 8. The van der Waals surface area contributed by atoms with Crippen molar-refractivity contribution >= 4 is 124 Å². The Kier molecular flexibility index (Phi) is 41.8. The molecule has 5 atom stereocenters. The third-order valence-electron chi connectivity index (χ3n) is 27.9. The highest BCUT2D eigenvalue weighted by Crippen LogP contribution is 2.41. The summed E-state index contributed by atoms with van der Waals surface area (Å²) < 4.78 is 43.5. The van der Waals surface area contributed by atoms with E-state index in [9.17, 15) is 0 Å². The highest BCUT2D eigenvalue weighted by Gasteiger charge is 2.59. The normalized spacial score (nSPS) is 17.8. The van der Waals surface area contributed by atoms with Gasteiger partial charge in [0.05, 0.1) is 63.6 Å². The van der Waals surface area contributed by atoms with Crippen LogP contribution >= 0.6 is 0 Å². The molecule has 0 aliphatic carbocycles. The van der Waals surface area contributed by atoms with Crippen LogP contribution in [0, 0.1) is 0 Å². The minimum absolute atomic E-state index is 0.186. The van der Waals surface area contributed by atoms with Gasteiger partial charge in [-0.25, -0.2) is 0 Å². The Labute approximate surface area is 780 Å². The first kappa shape index (κ1) is 105. The zero-order chi connectivity index (χ0) is 91.1. The first-order valence-corrected chi connectivity index (χ1v) is 78.2. The van der Waals surface area contributed by atoms with Crippen molar-refractivity contribution in [1.29, 1.82) is 0 Å². The quantitative estimate of drug-likeness (QED) is 0.0209. The number of hydrogen-bond acceptors (Lipinski definition) is 10. The Morgan fingerprint density at radius 3 is 0.635 bits per heavy atom. The van der Waals surface area contributed by atoms with Gasteiger partial charge in [0.1, 0.15) is 65.9 Å². The maximum atomic E-state index is 6.15. The van der Waals surface area contributed by atoms with Crippen molar-refractivity contribution in [3.05, 3.63) is 243 Å². The summed E-state index contributed by atoms with van der Waals surface area (Å²) >= 11 is 0. The minimum Gasteiger partial charge on any atom is -0.372 e. The van der Waals surface area contributed by atoms with Crippen LogP contribution in [-0.2, 0) is 23.7 Å². The molecule has 0 radical (unpaired) electrons. The average Bonchev–Trinajstić information content (AvgIpc) is 0.733. The van der Waals surface area contributed by atoms with E-state index in [0.717, 1.165) is 46.1 Å². The molecule has 8 aromatic rings. The van der Waals surface area contributed by atoms with Crippen molar-refractivity contribution in [2.24, 2.45) is 0 Å². The number of epoxide rings is 5. The van der Waals surface area contributed by atoms with Crippen molar-refractivity contribution in [1.82, 2.24) is 21.2 Å². The summed E-state index contributed by atoms with van der Waals surface area (Å²) in [6, 6.07) is 101. The number of hydrogen-bond donors (Lipinski definition) is 0. The van der Waals surface area contributed by atoms with Crippen LogP contribution in [0.3, 0.4) is 0 Å². The zero-order valence-corrected chi connectivity index (χ0v) is 93.2. The van der Waals surface area contributed by atoms with Crippen LogP contribution in [0.2, 0.25) is 141 Å². The topological polar surface area (TPSA) is 78.9 Å². The molecule has 0 amide bonds. The molecule has 5 aliphatic rings. The summed E-state index contributed by atoms with van der Waals surface area (Å²) in [5.41, 5.74) is 0. The van der Waals surface area contributed by atoms with E-state index in [0.29, 0.717) is 24.4 Å². The number of unbranched alkanes of at least 4 members (excludes halogenated alkanes) is 7. The molecule has 0 bridgehead atoms. The van der Waals surface area contributed by atoms with E-state index in [4.69, 9.17) is 23.7 Å². The van der Waals surface area contributed by atoms with Crippen LogP contribution in [0.15, 0.2) is 243 Å². The summed E-state index contributed by atoms with van der Waals surface area (Å²) in [7, 11) is -17.0. The van der Waals surface area contributed by atoms with Crippen molar-refractivity contribution in [3.63, 3.8) is 0 Å². The Hall–Kier alpha value is -4.47. The van der Waals surface area contributed by atoms with Crippen LogP contribution in [0.25, 0.3) is 0 Å². The number of nitrogens with zero attached hydrogens (tertiary/aromatic N) is 5. The molecule has 5 aliphatic heterocycles. The standard InChI is InChI=1S/C39H35NOSi2.C24H53NOSi2.C19H27NOSi2.C15H35NOSi2.C9H23NOSi2/c1-7-19-34(20-8-1)42(35-21-9-2-10-22-35,36-23-11-3-12-24-36)40(31-33-32-41-33)43(37-25-13-4-14-26-37,38-27-15-5-16-28-38)39-29-17-6-18-30-39;1-7-12-17-27(6,18-13-8-2)25(22-24-23-26-24)28(19-14-9-3,20-15-10-4)21-16-11-5;1-22(2,18-11-7-5-8-12-18)20(15-17-16-21-17)23(3,4)19-13-9-6-10-14-19;1-7-9-11-18(3,4)16(13-15-14-17-15)19(5,6)12-10-8-2;1-12(2,3)10(13(4,5)6)7-9-8-11-9/h1-30,33H,31-32H2;24H,7-23H2,1-6H3;5-14,17H,15-16H2,1-4H3;15H,7-14H2,1-6H3;9H,7-8H2,1-6H3. The van der Waals surface area contributed by atoms with Gasteiger partial charge in [0, 0.05) is 32.7 Å². The summed E-state index contributed by atoms with van der Waals surface area (Å²) in [4.78, 5) is 0. The highest BCUT2D eigenvalue weighted by molar-refractivity contribution is 7.22. The molecule has 0 spiro atoms. The van der Waals surface area contributed by atoms with Crippen LogP contribution < -0.4 is 41.5 Å². The lowest BCUT2D eigenvalue weighted by atomic mass is 10.3. The van der Waals surface area contributed by atoms with Crippen molar-refractivity contribution in [2.75, 3.05) is 65.8 Å². The van der Waals surface area contributed by atoms with E-state index < -0.39 is 82.4 Å². The maximum absolute atomic E-state index is 6.15. The first-order chi connectivity index (χ1) is 60.3. The van der Waals surface area contributed by atoms with Gasteiger partial charge in [-0.2, -0.15) is 0 Å². The van der Waals surface area contributed by atoms with Crippen LogP contribution in [0.5, 0.6) is 0 Å². The maximum Gasteiger partial charge on any atom is 0.219 e. The van der Waals surface area contributed by atoms with Gasteiger partial charge in [-0.1, -0.05) is 479 Å². The van der Waals surface area contributed by atoms with Crippen molar-refractivity contribution in [3.8, 4) is 0 Å². The first-order valence-electron chi connectivity index (χ1n) is 49.7. The van der Waals surface area contributed by atoms with E-state index in [2.05, 4.69) is 410 Å². The van der Waals surface area contributed by atoms with Gasteiger partial charge in [0.2, 0.25) is 16.5 Å². The van der Waals surface area contributed by atoms with E-state index in [1.54, 1.807) is 18.1 Å². The lowest BCUT2D eigenvalue weighted by Gasteiger charge is -2.54. The average molecular weight is 1880 g/mol. The smallest absolute Gasteiger partial charge is 0.219 e. The molecule has 13 rings (SSSR count). The molecule has 8 aromatic carbocycles. The van der Waals surface area contributed by atoms with Gasteiger partial charge in [0.25, 0.3) is 0 Å². The molecule has 126 heavy (non-hydrogen) atoms. The monoisotopic (exact) mass is 1880 g/mol. The zero-order valence-electron chi connectivity index (χ0n) is 83.2. The van der Waals surface area contributed by atoms with E-state index in [-0.39, 0.29) is 6.10 Å². The van der Waals surface area contributed by atoms with E-state index >= 15 is 0 Å². The third kappa shape index (κ3) is 29.8. The van der Waals surface area contributed by atoms with Crippen LogP contribution in [0.4, 0.5) is 0 Å².